The maximum Gasteiger partial charge on any atom is 0.251 e. The van der Waals surface area contributed by atoms with Crippen LogP contribution < -0.4 is 10.1 Å². The number of amides is 1. The second kappa shape index (κ2) is 9.73. The van der Waals surface area contributed by atoms with Gasteiger partial charge in [-0.1, -0.05) is 26.7 Å². The molecule has 0 radical (unpaired) electrons. The Kier molecular flexibility index (Phi) is 7.65. The Morgan fingerprint density at radius 3 is 2.56 bits per heavy atom. The summed E-state index contributed by atoms with van der Waals surface area (Å²) in [6.45, 7) is 8.15. The fourth-order valence-corrected chi connectivity index (χ4v) is 3.44. The molecule has 1 fully saturated rings. The third-order valence-corrected chi connectivity index (χ3v) is 4.99. The fourth-order valence-electron chi connectivity index (χ4n) is 3.44. The number of methoxy groups -OCH3 is 1. The molecule has 1 N–H and O–H groups in total. The highest BCUT2D eigenvalue weighted by Crippen LogP contribution is 2.20. The number of rotatable bonds is 8. The van der Waals surface area contributed by atoms with Crippen molar-refractivity contribution < 1.29 is 18.7 Å². The summed E-state index contributed by atoms with van der Waals surface area (Å²) < 4.78 is 24.1. The van der Waals surface area contributed by atoms with E-state index in [1.54, 1.807) is 6.07 Å². The lowest BCUT2D eigenvalue weighted by Crippen LogP contribution is -2.52. The van der Waals surface area contributed by atoms with E-state index in [1.165, 1.54) is 19.2 Å². The molecule has 1 atom stereocenters. The summed E-state index contributed by atoms with van der Waals surface area (Å²) in [6, 6.07) is 4.54. The van der Waals surface area contributed by atoms with Crippen molar-refractivity contribution in [2.75, 3.05) is 40.0 Å². The van der Waals surface area contributed by atoms with Crippen molar-refractivity contribution in [3.63, 3.8) is 0 Å². The molecule has 1 aliphatic heterocycles. The second-order valence-electron chi connectivity index (χ2n) is 6.35. The van der Waals surface area contributed by atoms with E-state index in [0.717, 1.165) is 39.1 Å². The monoisotopic (exact) mass is 352 g/mol. The molecule has 1 aliphatic rings. The summed E-state index contributed by atoms with van der Waals surface area (Å²) in [5, 5.41) is 2.98. The van der Waals surface area contributed by atoms with E-state index in [9.17, 15) is 9.18 Å². The van der Waals surface area contributed by atoms with Crippen LogP contribution in [0.2, 0.25) is 0 Å². The number of carbonyl (C=O) groups is 1. The zero-order valence-corrected chi connectivity index (χ0v) is 15.4. The molecule has 1 unspecified atom stereocenters. The Morgan fingerprint density at radius 1 is 1.32 bits per heavy atom. The number of nitrogens with one attached hydrogen (secondary N) is 1. The molecule has 1 aromatic rings. The van der Waals surface area contributed by atoms with Gasteiger partial charge >= 0.3 is 0 Å². The van der Waals surface area contributed by atoms with Gasteiger partial charge in [0.15, 0.2) is 11.6 Å². The average molecular weight is 352 g/mol. The van der Waals surface area contributed by atoms with Crippen LogP contribution in [0.3, 0.4) is 0 Å². The first-order chi connectivity index (χ1) is 12.1. The summed E-state index contributed by atoms with van der Waals surface area (Å²) in [5.74, 6) is -0.142. The van der Waals surface area contributed by atoms with Crippen molar-refractivity contribution in [2.45, 2.75) is 32.7 Å². The molecule has 5 nitrogen and oxygen atoms in total. The summed E-state index contributed by atoms with van der Waals surface area (Å²) in [6.07, 6.45) is 2.12. The van der Waals surface area contributed by atoms with Crippen LogP contribution in [0, 0.1) is 11.7 Å². The van der Waals surface area contributed by atoms with Crippen molar-refractivity contribution in [1.82, 2.24) is 10.2 Å². The topological polar surface area (TPSA) is 50.8 Å². The van der Waals surface area contributed by atoms with Gasteiger partial charge in [-0.05, 0) is 24.1 Å². The van der Waals surface area contributed by atoms with Gasteiger partial charge in [0.2, 0.25) is 0 Å². The smallest absolute Gasteiger partial charge is 0.251 e. The lowest BCUT2D eigenvalue weighted by atomic mass is 9.92. The zero-order chi connectivity index (χ0) is 18.2. The van der Waals surface area contributed by atoms with Crippen LogP contribution in [0.25, 0.3) is 0 Å². The normalized spacial score (nSPS) is 16.7. The van der Waals surface area contributed by atoms with Crippen molar-refractivity contribution in [1.29, 1.82) is 0 Å². The zero-order valence-electron chi connectivity index (χ0n) is 15.4. The largest absolute Gasteiger partial charge is 0.494 e. The minimum atomic E-state index is -0.528. The molecule has 0 aliphatic carbocycles. The van der Waals surface area contributed by atoms with E-state index in [0.29, 0.717) is 18.0 Å². The van der Waals surface area contributed by atoms with Gasteiger partial charge in [0.25, 0.3) is 5.91 Å². The van der Waals surface area contributed by atoms with Gasteiger partial charge in [0, 0.05) is 31.2 Å². The molecular weight excluding hydrogens is 323 g/mol. The Labute approximate surface area is 149 Å². The molecule has 1 amide bonds. The number of hydrogen-bond acceptors (Lipinski definition) is 4. The molecule has 0 saturated carbocycles. The third-order valence-electron chi connectivity index (χ3n) is 4.99. The molecule has 1 heterocycles. The first kappa shape index (κ1) is 19.7. The van der Waals surface area contributed by atoms with Crippen LogP contribution in [-0.4, -0.2) is 56.8 Å². The average Bonchev–Trinajstić information content (AvgIpc) is 2.65. The highest BCUT2D eigenvalue weighted by molar-refractivity contribution is 5.94. The van der Waals surface area contributed by atoms with Crippen molar-refractivity contribution in [3.05, 3.63) is 29.6 Å². The van der Waals surface area contributed by atoms with Gasteiger partial charge in [0.05, 0.1) is 20.3 Å². The highest BCUT2D eigenvalue weighted by Gasteiger charge is 2.27. The quantitative estimate of drug-likeness (QED) is 0.782. The van der Waals surface area contributed by atoms with E-state index in [1.807, 2.05) is 0 Å². The number of morpholine rings is 1. The van der Waals surface area contributed by atoms with Gasteiger partial charge in [0.1, 0.15) is 0 Å². The number of halogens is 1. The first-order valence-electron chi connectivity index (χ1n) is 9.04. The Morgan fingerprint density at radius 2 is 2.00 bits per heavy atom. The molecule has 0 bridgehead atoms. The molecule has 25 heavy (non-hydrogen) atoms. The lowest BCUT2D eigenvalue weighted by molar-refractivity contribution is 0.00191. The first-order valence-corrected chi connectivity index (χ1v) is 9.04. The summed E-state index contributed by atoms with van der Waals surface area (Å²) >= 11 is 0. The van der Waals surface area contributed by atoms with Gasteiger partial charge in [-0.3, -0.25) is 9.69 Å². The van der Waals surface area contributed by atoms with Crippen molar-refractivity contribution in [3.8, 4) is 5.75 Å². The molecular formula is C19H29FN2O3. The minimum Gasteiger partial charge on any atom is -0.494 e. The minimum absolute atomic E-state index is 0.139. The maximum atomic E-state index is 13.8. The Bertz CT molecular complexity index is 558. The van der Waals surface area contributed by atoms with Gasteiger partial charge in [-0.25, -0.2) is 4.39 Å². The Hall–Kier alpha value is -1.66. The van der Waals surface area contributed by atoms with E-state index in [4.69, 9.17) is 9.47 Å². The lowest BCUT2D eigenvalue weighted by Gasteiger charge is -2.38. The molecule has 0 aromatic heterocycles. The fraction of sp³-hybridized carbons (Fsp3) is 0.632. The molecule has 2 rings (SSSR count). The van der Waals surface area contributed by atoms with E-state index in [-0.39, 0.29) is 17.7 Å². The number of benzene rings is 1. The number of hydrogen-bond donors (Lipinski definition) is 1. The molecule has 1 aromatic carbocycles. The predicted octanol–water partition coefficient (Wildman–Crippen LogP) is 2.70. The van der Waals surface area contributed by atoms with Crippen LogP contribution in [0.15, 0.2) is 18.2 Å². The standard InChI is InChI=1S/C19H29FN2O3/c1-4-14(5-2)17(22-8-10-25-11-9-22)13-21-19(23)15-6-7-18(24-3)16(20)12-15/h6-7,12,14,17H,4-5,8-11,13H2,1-3H3,(H,21,23). The molecule has 6 heteroatoms. The van der Waals surface area contributed by atoms with Gasteiger partial charge < -0.3 is 14.8 Å². The molecule has 1 saturated heterocycles. The van der Waals surface area contributed by atoms with Crippen molar-refractivity contribution >= 4 is 5.91 Å². The molecule has 0 spiro atoms. The predicted molar refractivity (Wildman–Crippen MR) is 95.5 cm³/mol. The van der Waals surface area contributed by atoms with Crippen LogP contribution in [-0.2, 0) is 4.74 Å². The van der Waals surface area contributed by atoms with E-state index < -0.39 is 5.82 Å². The summed E-state index contributed by atoms with van der Waals surface area (Å²) in [7, 11) is 1.40. The summed E-state index contributed by atoms with van der Waals surface area (Å²) in [4.78, 5) is 14.8. The maximum absolute atomic E-state index is 13.8. The summed E-state index contributed by atoms with van der Waals surface area (Å²) in [5.41, 5.74) is 0.309. The van der Waals surface area contributed by atoms with Crippen LogP contribution in [0.1, 0.15) is 37.0 Å². The number of ether oxygens (including phenoxy) is 2. The highest BCUT2D eigenvalue weighted by atomic mass is 19.1. The van der Waals surface area contributed by atoms with Crippen LogP contribution >= 0.6 is 0 Å². The second-order valence-corrected chi connectivity index (χ2v) is 6.35. The third kappa shape index (κ3) is 5.16. The van der Waals surface area contributed by atoms with Crippen LogP contribution in [0.4, 0.5) is 4.39 Å². The Balaban J connectivity index is 2.03. The van der Waals surface area contributed by atoms with Crippen LogP contribution in [0.5, 0.6) is 5.75 Å². The van der Waals surface area contributed by atoms with Gasteiger partial charge in [-0.15, -0.1) is 0 Å². The molecule has 140 valence electrons. The van der Waals surface area contributed by atoms with Gasteiger partial charge in [-0.2, -0.15) is 0 Å². The number of nitrogens with zero attached hydrogens (tertiary/aromatic N) is 1. The van der Waals surface area contributed by atoms with E-state index in [2.05, 4.69) is 24.1 Å². The SMILES string of the molecule is CCC(CC)C(CNC(=O)c1ccc(OC)c(F)c1)N1CCOCC1. The van der Waals surface area contributed by atoms with Crippen molar-refractivity contribution in [2.24, 2.45) is 5.92 Å². The number of carbonyl (C=O) groups excluding carboxylic acids is 1. The van der Waals surface area contributed by atoms with E-state index >= 15 is 0 Å².